The molecule has 0 radical (unpaired) electrons. The first-order chi connectivity index (χ1) is 13.0. The van der Waals surface area contributed by atoms with Crippen LogP contribution in [0, 0.1) is 0 Å². The van der Waals surface area contributed by atoms with E-state index in [1.54, 1.807) is 36.4 Å². The van der Waals surface area contributed by atoms with Gasteiger partial charge < -0.3 is 9.47 Å². The Morgan fingerprint density at radius 2 is 1.56 bits per heavy atom. The van der Waals surface area contributed by atoms with Gasteiger partial charge in [0.05, 0.1) is 0 Å². The van der Waals surface area contributed by atoms with E-state index in [2.05, 4.69) is 4.74 Å². The largest absolute Gasteiger partial charge is 0.573 e. The highest BCUT2D eigenvalue weighted by atomic mass is 19.4. The molecule has 3 nitrogen and oxygen atoms in total. The van der Waals surface area contributed by atoms with Crippen molar-refractivity contribution in [2.45, 2.75) is 13.0 Å². The van der Waals surface area contributed by atoms with Gasteiger partial charge in [-0.3, -0.25) is 4.79 Å². The average molecular weight is 372 g/mol. The minimum absolute atomic E-state index is 0.0608. The smallest absolute Gasteiger partial charge is 0.485 e. The highest BCUT2D eigenvalue weighted by Crippen LogP contribution is 2.37. The van der Waals surface area contributed by atoms with Gasteiger partial charge in [-0.05, 0) is 28.8 Å². The molecule has 3 aromatic carbocycles. The van der Waals surface area contributed by atoms with Gasteiger partial charge in [-0.15, -0.1) is 13.2 Å². The molecule has 0 saturated heterocycles. The third-order valence-electron chi connectivity index (χ3n) is 3.81. The predicted octanol–water partition coefficient (Wildman–Crippen LogP) is 5.64. The molecule has 138 valence electrons. The van der Waals surface area contributed by atoms with Crippen molar-refractivity contribution in [3.05, 3.63) is 83.9 Å². The van der Waals surface area contributed by atoms with Crippen LogP contribution >= 0.6 is 0 Å². The molecule has 0 bridgehead atoms. The molecule has 0 fully saturated rings. The first-order valence-electron chi connectivity index (χ1n) is 8.07. The topological polar surface area (TPSA) is 35.5 Å². The van der Waals surface area contributed by atoms with Crippen LogP contribution in [0.1, 0.15) is 15.9 Å². The van der Waals surface area contributed by atoms with Crippen molar-refractivity contribution in [3.8, 4) is 22.6 Å². The standard InChI is InChI=1S/C21H15F3O3/c22-21(23,24)27-19-11-10-16(18-9-5-4-8-17(18)13-25)12-20(19)26-14-15-6-2-1-3-7-15/h1-13H,14H2. The second kappa shape index (κ2) is 7.95. The van der Waals surface area contributed by atoms with Gasteiger partial charge in [-0.1, -0.05) is 60.7 Å². The van der Waals surface area contributed by atoms with E-state index in [-0.39, 0.29) is 12.4 Å². The number of carbonyl (C=O) groups is 1. The van der Waals surface area contributed by atoms with E-state index >= 15 is 0 Å². The Labute approximate surface area is 154 Å². The number of rotatable bonds is 6. The Morgan fingerprint density at radius 1 is 0.852 bits per heavy atom. The molecule has 0 aliphatic carbocycles. The van der Waals surface area contributed by atoms with Crippen molar-refractivity contribution >= 4 is 6.29 Å². The number of benzene rings is 3. The zero-order valence-corrected chi connectivity index (χ0v) is 14.1. The van der Waals surface area contributed by atoms with Crippen molar-refractivity contribution < 1.29 is 27.4 Å². The van der Waals surface area contributed by atoms with Crippen LogP contribution in [-0.2, 0) is 6.61 Å². The molecule has 0 atom stereocenters. The summed E-state index contributed by atoms with van der Waals surface area (Å²) in [4.78, 5) is 11.2. The second-order valence-electron chi connectivity index (χ2n) is 5.69. The number of hydrogen-bond donors (Lipinski definition) is 0. The van der Waals surface area contributed by atoms with Gasteiger partial charge in [-0.2, -0.15) is 0 Å². The molecule has 3 aromatic rings. The molecule has 3 rings (SSSR count). The molecule has 0 amide bonds. The fourth-order valence-corrected chi connectivity index (χ4v) is 2.60. The van der Waals surface area contributed by atoms with Crippen LogP contribution < -0.4 is 9.47 Å². The highest BCUT2D eigenvalue weighted by molar-refractivity contribution is 5.87. The summed E-state index contributed by atoms with van der Waals surface area (Å²) in [5.41, 5.74) is 2.37. The number of carbonyl (C=O) groups excluding carboxylic acids is 1. The van der Waals surface area contributed by atoms with E-state index in [0.717, 1.165) is 5.56 Å². The van der Waals surface area contributed by atoms with Crippen LogP contribution in [0.3, 0.4) is 0 Å². The SMILES string of the molecule is O=Cc1ccccc1-c1ccc(OC(F)(F)F)c(OCc2ccccc2)c1. The highest BCUT2D eigenvalue weighted by Gasteiger charge is 2.32. The number of hydrogen-bond acceptors (Lipinski definition) is 3. The summed E-state index contributed by atoms with van der Waals surface area (Å²) in [6, 6.07) is 19.9. The van der Waals surface area contributed by atoms with Crippen LogP contribution in [0.4, 0.5) is 13.2 Å². The van der Waals surface area contributed by atoms with E-state index in [1.165, 1.54) is 18.2 Å². The van der Waals surface area contributed by atoms with Crippen LogP contribution in [0.2, 0.25) is 0 Å². The zero-order valence-electron chi connectivity index (χ0n) is 14.1. The second-order valence-corrected chi connectivity index (χ2v) is 5.69. The monoisotopic (exact) mass is 372 g/mol. The Bertz CT molecular complexity index is 921. The van der Waals surface area contributed by atoms with Crippen LogP contribution in [-0.4, -0.2) is 12.6 Å². The van der Waals surface area contributed by atoms with Crippen LogP contribution in [0.25, 0.3) is 11.1 Å². The predicted molar refractivity (Wildman–Crippen MR) is 94.7 cm³/mol. The lowest BCUT2D eigenvalue weighted by Gasteiger charge is -2.16. The zero-order chi connectivity index (χ0) is 19.3. The van der Waals surface area contributed by atoms with Gasteiger partial charge in [0.1, 0.15) is 6.61 Å². The van der Waals surface area contributed by atoms with Crippen molar-refractivity contribution in [1.82, 2.24) is 0 Å². The van der Waals surface area contributed by atoms with Crippen molar-refractivity contribution in [3.63, 3.8) is 0 Å². The maximum atomic E-state index is 12.7. The minimum atomic E-state index is -4.84. The van der Waals surface area contributed by atoms with Gasteiger partial charge in [0.2, 0.25) is 0 Å². The molecule has 0 aliphatic heterocycles. The third-order valence-corrected chi connectivity index (χ3v) is 3.81. The third kappa shape index (κ3) is 4.88. The van der Waals surface area contributed by atoms with Gasteiger partial charge in [0.25, 0.3) is 0 Å². The van der Waals surface area contributed by atoms with E-state index in [4.69, 9.17) is 4.74 Å². The lowest BCUT2D eigenvalue weighted by Crippen LogP contribution is -2.17. The lowest BCUT2D eigenvalue weighted by atomic mass is 10.00. The number of alkyl halides is 3. The summed E-state index contributed by atoms with van der Waals surface area (Å²) in [6.07, 6.45) is -4.15. The van der Waals surface area contributed by atoms with Gasteiger partial charge in [0.15, 0.2) is 17.8 Å². The van der Waals surface area contributed by atoms with Crippen molar-refractivity contribution in [2.24, 2.45) is 0 Å². The normalized spacial score (nSPS) is 11.1. The van der Waals surface area contributed by atoms with E-state index in [9.17, 15) is 18.0 Å². The fraction of sp³-hybridized carbons (Fsp3) is 0.0952. The molecular formula is C21H15F3O3. The van der Waals surface area contributed by atoms with E-state index in [0.29, 0.717) is 23.0 Å². The summed E-state index contributed by atoms with van der Waals surface area (Å²) in [6.45, 7) is 0.0772. The van der Waals surface area contributed by atoms with Crippen molar-refractivity contribution in [2.75, 3.05) is 0 Å². The maximum Gasteiger partial charge on any atom is 0.573 e. The molecular weight excluding hydrogens is 357 g/mol. The minimum Gasteiger partial charge on any atom is -0.485 e. The number of aldehydes is 1. The molecule has 0 unspecified atom stereocenters. The van der Waals surface area contributed by atoms with Crippen molar-refractivity contribution in [1.29, 1.82) is 0 Å². The molecule has 0 aromatic heterocycles. The molecule has 0 saturated carbocycles. The maximum absolute atomic E-state index is 12.7. The first kappa shape index (κ1) is 18.5. The summed E-state index contributed by atoms with van der Waals surface area (Å²) in [5, 5.41) is 0. The molecule has 0 N–H and O–H groups in total. The summed E-state index contributed by atoms with van der Waals surface area (Å²) >= 11 is 0. The molecule has 0 aliphatic rings. The Morgan fingerprint density at radius 3 is 2.26 bits per heavy atom. The lowest BCUT2D eigenvalue weighted by molar-refractivity contribution is -0.275. The Kier molecular flexibility index (Phi) is 5.45. The summed E-state index contributed by atoms with van der Waals surface area (Å²) in [7, 11) is 0. The van der Waals surface area contributed by atoms with E-state index < -0.39 is 12.1 Å². The molecule has 27 heavy (non-hydrogen) atoms. The quantitative estimate of drug-likeness (QED) is 0.525. The first-order valence-corrected chi connectivity index (χ1v) is 8.07. The Hall–Kier alpha value is -3.28. The van der Waals surface area contributed by atoms with Gasteiger partial charge >= 0.3 is 6.36 Å². The molecule has 0 spiro atoms. The van der Waals surface area contributed by atoms with Gasteiger partial charge in [0, 0.05) is 5.56 Å². The summed E-state index contributed by atoms with van der Waals surface area (Å²) in [5.74, 6) is -0.500. The molecule has 0 heterocycles. The number of halogens is 3. The average Bonchev–Trinajstić information content (AvgIpc) is 2.67. The van der Waals surface area contributed by atoms with Crippen LogP contribution in [0.5, 0.6) is 11.5 Å². The fourth-order valence-electron chi connectivity index (χ4n) is 2.60. The number of ether oxygens (including phenoxy) is 2. The van der Waals surface area contributed by atoms with Gasteiger partial charge in [-0.25, -0.2) is 0 Å². The van der Waals surface area contributed by atoms with Crippen LogP contribution in [0.15, 0.2) is 72.8 Å². The summed E-state index contributed by atoms with van der Waals surface area (Å²) < 4.78 is 47.8. The Balaban J connectivity index is 1.96. The molecule has 6 heteroatoms. The van der Waals surface area contributed by atoms with E-state index in [1.807, 2.05) is 18.2 Å².